The highest BCUT2D eigenvalue weighted by molar-refractivity contribution is 7.91. The number of ketones is 1. The number of allylic oxidation sites excluding steroid dienone is 1. The number of carbonyl (C=O) groups is 5. The number of Topliss-reactive ketones (excluding diaryl/α,β-unsaturated/α-hetero) is 1. The fourth-order valence-corrected chi connectivity index (χ4v) is 16.1. The second kappa shape index (κ2) is 14.6. The maximum Gasteiger partial charge on any atom is 0.309 e. The van der Waals surface area contributed by atoms with E-state index in [9.17, 15) is 37.5 Å². The van der Waals surface area contributed by atoms with E-state index in [0.29, 0.717) is 24.7 Å². The van der Waals surface area contributed by atoms with Crippen molar-refractivity contribution in [2.75, 3.05) is 31.1 Å². The predicted molar refractivity (Wildman–Crippen MR) is 228 cm³/mol. The minimum absolute atomic E-state index is 0.00568. The molecule has 13 heteroatoms. The number of amides is 2. The van der Waals surface area contributed by atoms with Crippen LogP contribution >= 0.6 is 0 Å². The van der Waals surface area contributed by atoms with E-state index >= 15 is 0 Å². The Kier molecular flexibility index (Phi) is 11.0. The van der Waals surface area contributed by atoms with Crippen LogP contribution in [0.1, 0.15) is 140 Å². The van der Waals surface area contributed by atoms with Crippen molar-refractivity contribution in [1.82, 2.24) is 15.5 Å². The third-order valence-electron chi connectivity index (χ3n) is 18.7. The molecule has 2 amide bonds. The van der Waals surface area contributed by atoms with Crippen molar-refractivity contribution in [3.8, 4) is 0 Å². The van der Waals surface area contributed by atoms with E-state index in [1.807, 2.05) is 13.8 Å². The molecule has 5 saturated carbocycles. The van der Waals surface area contributed by atoms with Crippen LogP contribution < -0.4 is 10.6 Å². The molecule has 0 aromatic rings. The van der Waals surface area contributed by atoms with E-state index in [1.54, 1.807) is 18.7 Å². The molecule has 12 nitrogen and oxygen atoms in total. The summed E-state index contributed by atoms with van der Waals surface area (Å²) >= 11 is 0. The van der Waals surface area contributed by atoms with Crippen molar-refractivity contribution in [3.05, 3.63) is 11.1 Å². The molecule has 10 atom stereocenters. The lowest BCUT2D eigenvalue weighted by atomic mass is 9.33. The summed E-state index contributed by atoms with van der Waals surface area (Å²) in [6, 6.07) is 0. The second-order valence-electron chi connectivity index (χ2n) is 23.1. The van der Waals surface area contributed by atoms with Gasteiger partial charge in [-0.05, 0) is 128 Å². The molecule has 60 heavy (non-hydrogen) atoms. The third kappa shape index (κ3) is 6.91. The van der Waals surface area contributed by atoms with Crippen LogP contribution in [0.4, 0.5) is 0 Å². The molecule has 1 saturated heterocycles. The number of carboxylic acid groups (broad SMARTS) is 1. The summed E-state index contributed by atoms with van der Waals surface area (Å²) in [5.74, 6) is -1.75. The minimum Gasteiger partial charge on any atom is -0.481 e. The van der Waals surface area contributed by atoms with E-state index in [1.165, 1.54) is 0 Å². The number of nitrogens with one attached hydrogen (secondary N) is 2. The van der Waals surface area contributed by atoms with Gasteiger partial charge in [-0.25, -0.2) is 8.42 Å². The average Bonchev–Trinajstić information content (AvgIpc) is 3.41. The van der Waals surface area contributed by atoms with Crippen molar-refractivity contribution >= 4 is 39.4 Å². The Morgan fingerprint density at radius 1 is 0.850 bits per heavy atom. The zero-order chi connectivity index (χ0) is 44.4. The van der Waals surface area contributed by atoms with Crippen LogP contribution in [-0.2, 0) is 38.5 Å². The monoisotopic (exact) mass is 856 g/mol. The number of carboxylic acids is 1. The van der Waals surface area contributed by atoms with Gasteiger partial charge in [0.15, 0.2) is 15.6 Å². The van der Waals surface area contributed by atoms with E-state index in [-0.39, 0.29) is 101 Å². The number of ether oxygens (including phenoxy) is 1. The van der Waals surface area contributed by atoms with Crippen molar-refractivity contribution in [2.45, 2.75) is 158 Å². The maximum absolute atomic E-state index is 14.4. The van der Waals surface area contributed by atoms with Gasteiger partial charge in [-0.1, -0.05) is 62.3 Å². The highest BCUT2D eigenvalue weighted by atomic mass is 32.2. The van der Waals surface area contributed by atoms with Gasteiger partial charge in [0.05, 0.1) is 35.4 Å². The summed E-state index contributed by atoms with van der Waals surface area (Å²) in [7, 11) is -3.09. The number of sulfone groups is 1. The Balaban J connectivity index is 1.10. The molecule has 1 aliphatic heterocycles. The van der Waals surface area contributed by atoms with Gasteiger partial charge in [-0.15, -0.1) is 0 Å². The highest BCUT2D eigenvalue weighted by Crippen LogP contribution is 2.76. The fourth-order valence-electron chi connectivity index (χ4n) is 14.8. The molecule has 6 fully saturated rings. The lowest BCUT2D eigenvalue weighted by Gasteiger charge is -2.72. The Bertz CT molecular complexity index is 1970. The van der Waals surface area contributed by atoms with Crippen LogP contribution in [0.5, 0.6) is 0 Å². The molecule has 1 heterocycles. The van der Waals surface area contributed by atoms with Crippen LogP contribution in [0, 0.1) is 62.6 Å². The maximum atomic E-state index is 14.4. The molecule has 7 rings (SSSR count). The largest absolute Gasteiger partial charge is 0.481 e. The van der Waals surface area contributed by atoms with Gasteiger partial charge in [0.1, 0.15) is 11.6 Å². The van der Waals surface area contributed by atoms with Gasteiger partial charge in [0.25, 0.3) is 0 Å². The minimum atomic E-state index is -3.09. The first kappa shape index (κ1) is 45.2. The number of carbonyl (C=O) groups excluding carboxylic acids is 4. The molecule has 7 aliphatic rings. The first-order chi connectivity index (χ1) is 27.6. The smallest absolute Gasteiger partial charge is 0.309 e. The molecule has 0 bridgehead atoms. The number of fused-ring (bicyclic) bond motifs is 7. The van der Waals surface area contributed by atoms with Gasteiger partial charge in [0.2, 0.25) is 11.8 Å². The molecule has 6 aliphatic carbocycles. The van der Waals surface area contributed by atoms with E-state index in [0.717, 1.165) is 56.1 Å². The zero-order valence-corrected chi connectivity index (χ0v) is 39.0. The van der Waals surface area contributed by atoms with Gasteiger partial charge >= 0.3 is 11.9 Å². The van der Waals surface area contributed by atoms with Gasteiger partial charge < -0.3 is 20.5 Å². The van der Waals surface area contributed by atoms with E-state index < -0.39 is 44.1 Å². The second-order valence-corrected chi connectivity index (χ2v) is 25.4. The molecular formula is C47H73N3O9S. The molecule has 336 valence electrons. The SMILES string of the molecule is CC(C)C1=C2[C@H]3CC[C@@H]4[C@@]5(C)CC[C@H](OC(=O)[C@H]6C[C@@H](C(=O)O)C6(C)C)C(C)(C)[C@@H]5CC[C@@]4(C)[C@]3(C)CC[C@@]2(NC(=O)C(C)(C)NC(=O)CN2CCS(=O)(=O)CC2)CC1=O. The van der Waals surface area contributed by atoms with Crippen LogP contribution in [0.3, 0.4) is 0 Å². The summed E-state index contributed by atoms with van der Waals surface area (Å²) in [6.45, 7) is 23.9. The Morgan fingerprint density at radius 2 is 1.50 bits per heavy atom. The number of esters is 1. The molecule has 0 aromatic heterocycles. The number of aliphatic carboxylic acids is 1. The molecule has 3 N–H and O–H groups in total. The summed E-state index contributed by atoms with van der Waals surface area (Å²) in [4.78, 5) is 69.1. The molecule has 0 spiro atoms. The van der Waals surface area contributed by atoms with Gasteiger partial charge in [-0.3, -0.25) is 28.9 Å². The summed E-state index contributed by atoms with van der Waals surface area (Å²) < 4.78 is 30.3. The standard InChI is InChI=1S/C47H73N3O9S/c1-27(2)36-31(51)25-47(49-40(56)43(7,8)48-35(52)26-50-20-22-60(57,58)23-21-50)19-18-45(10)28(37(36)47)12-13-33-44(9)16-15-34(42(5,6)32(44)14-17-46(33,45)11)59-39(55)30-24-29(38(53)54)41(30,3)4/h27-30,32-34H,12-26H2,1-11H3,(H,48,52)(H,49,56)(H,53,54)/t28-,29+,30-,32+,33-,34+,44+,45-,46-,47-/m1/s1. The Hall–Kier alpha value is -2.80. The number of hydrogen-bond donors (Lipinski definition) is 3. The summed E-state index contributed by atoms with van der Waals surface area (Å²) in [5.41, 5.74) is -1.18. The number of rotatable bonds is 9. The fraction of sp³-hybridized carbons (Fsp3) is 0.851. The lowest BCUT2D eigenvalue weighted by molar-refractivity contribution is -0.235. The quantitative estimate of drug-likeness (QED) is 0.229. The predicted octanol–water partition coefficient (Wildman–Crippen LogP) is 6.12. The van der Waals surface area contributed by atoms with Crippen molar-refractivity contribution in [1.29, 1.82) is 0 Å². The van der Waals surface area contributed by atoms with Crippen LogP contribution in [0.25, 0.3) is 0 Å². The highest BCUT2D eigenvalue weighted by Gasteiger charge is 2.71. The summed E-state index contributed by atoms with van der Waals surface area (Å²) in [6.07, 6.45) is 7.47. The van der Waals surface area contributed by atoms with Crippen LogP contribution in [0.15, 0.2) is 11.1 Å². The van der Waals surface area contributed by atoms with Gasteiger partial charge in [0, 0.05) is 24.9 Å². The third-order valence-corrected chi connectivity index (χ3v) is 20.3. The van der Waals surface area contributed by atoms with Crippen molar-refractivity contribution in [3.63, 3.8) is 0 Å². The normalized spacial score (nSPS) is 40.6. The van der Waals surface area contributed by atoms with E-state index in [4.69, 9.17) is 4.74 Å². The molecule has 0 aromatic carbocycles. The van der Waals surface area contributed by atoms with Crippen LogP contribution in [0.2, 0.25) is 0 Å². The topological polar surface area (TPSA) is 176 Å². The summed E-state index contributed by atoms with van der Waals surface area (Å²) in [5, 5.41) is 16.0. The number of hydrogen-bond acceptors (Lipinski definition) is 9. The van der Waals surface area contributed by atoms with Gasteiger partial charge in [-0.2, -0.15) is 0 Å². The number of nitrogens with zero attached hydrogens (tertiary/aromatic N) is 1. The Labute approximate surface area is 358 Å². The Morgan fingerprint density at radius 3 is 2.10 bits per heavy atom. The lowest BCUT2D eigenvalue weighted by Crippen LogP contribution is -2.68. The van der Waals surface area contributed by atoms with E-state index in [2.05, 4.69) is 59.1 Å². The first-order valence-corrected chi connectivity index (χ1v) is 24.7. The first-order valence-electron chi connectivity index (χ1n) is 22.8. The van der Waals surface area contributed by atoms with Crippen molar-refractivity contribution in [2.24, 2.45) is 62.6 Å². The molecular weight excluding hydrogens is 783 g/mol. The van der Waals surface area contributed by atoms with Crippen molar-refractivity contribution < 1.29 is 42.2 Å². The average molecular weight is 856 g/mol. The molecule has 0 unspecified atom stereocenters. The zero-order valence-electron chi connectivity index (χ0n) is 38.2. The van der Waals surface area contributed by atoms with Crippen LogP contribution in [-0.4, -0.2) is 96.3 Å². The molecule has 0 radical (unpaired) electrons.